The van der Waals surface area contributed by atoms with Crippen molar-refractivity contribution in [3.8, 4) is 11.5 Å². The van der Waals surface area contributed by atoms with Crippen LogP contribution >= 0.6 is 11.8 Å². The molecule has 10 heteroatoms. The van der Waals surface area contributed by atoms with E-state index in [0.29, 0.717) is 55.1 Å². The van der Waals surface area contributed by atoms with Crippen LogP contribution in [0.1, 0.15) is 33.6 Å². The van der Waals surface area contributed by atoms with E-state index < -0.39 is 9.79 Å². The number of nitrogens with zero attached hydrogens (tertiary/aromatic N) is 3. The first-order chi connectivity index (χ1) is 15.9. The lowest BCUT2D eigenvalue weighted by atomic mass is 9.99. The monoisotopic (exact) mass is 471 g/mol. The molecule has 0 bridgehead atoms. The molecule has 9 nitrogen and oxygen atoms in total. The number of piperidine rings is 1. The fourth-order valence-electron chi connectivity index (χ4n) is 4.42. The van der Waals surface area contributed by atoms with Crippen molar-refractivity contribution < 1.29 is 24.0 Å². The molecule has 0 aliphatic carbocycles. The van der Waals surface area contributed by atoms with E-state index in [0.717, 1.165) is 5.75 Å². The Labute approximate surface area is 195 Å². The number of carbonyl (C=O) groups is 2. The van der Waals surface area contributed by atoms with Crippen LogP contribution in [0.3, 0.4) is 0 Å². The Kier molecular flexibility index (Phi) is 6.46. The van der Waals surface area contributed by atoms with Gasteiger partial charge in [-0.25, -0.2) is 0 Å². The maximum Gasteiger partial charge on any atom is 0.270 e. The predicted molar refractivity (Wildman–Crippen MR) is 124 cm³/mol. The molecule has 0 unspecified atom stereocenters. The molecule has 33 heavy (non-hydrogen) atoms. The molecule has 2 fully saturated rings. The molecule has 0 atom stereocenters. The molecule has 2 saturated heterocycles. The molecular formula is C23H25N3O6S. The first kappa shape index (κ1) is 22.9. The van der Waals surface area contributed by atoms with Crippen molar-refractivity contribution in [2.75, 3.05) is 39.6 Å². The SMILES string of the molecule is COc1ccc(C(=O)N2CCC3(CC2)SCCN3C(=O)c2cccc([N+](=O)[O-])c2)c(OC)c1. The zero-order valence-corrected chi connectivity index (χ0v) is 19.3. The fourth-order valence-corrected chi connectivity index (χ4v) is 5.88. The Morgan fingerprint density at radius 3 is 2.45 bits per heavy atom. The van der Waals surface area contributed by atoms with Crippen molar-refractivity contribution in [1.82, 2.24) is 9.80 Å². The maximum absolute atomic E-state index is 13.3. The summed E-state index contributed by atoms with van der Waals surface area (Å²) in [6.07, 6.45) is 1.26. The Hall–Kier alpha value is -3.27. The number of ether oxygens (including phenoxy) is 2. The Morgan fingerprint density at radius 1 is 1.03 bits per heavy atom. The predicted octanol–water partition coefficient (Wildman–Crippen LogP) is 3.43. The number of likely N-dealkylation sites (tertiary alicyclic amines) is 1. The van der Waals surface area contributed by atoms with E-state index >= 15 is 0 Å². The van der Waals surface area contributed by atoms with Crippen LogP contribution in [0.5, 0.6) is 11.5 Å². The van der Waals surface area contributed by atoms with Crippen LogP contribution in [0.2, 0.25) is 0 Å². The normalized spacial score (nSPS) is 17.2. The topological polar surface area (TPSA) is 102 Å². The summed E-state index contributed by atoms with van der Waals surface area (Å²) in [7, 11) is 3.07. The molecule has 2 amide bonds. The summed E-state index contributed by atoms with van der Waals surface area (Å²) in [5.41, 5.74) is 0.681. The molecular weight excluding hydrogens is 446 g/mol. The van der Waals surface area contributed by atoms with Crippen LogP contribution in [0.25, 0.3) is 0 Å². The minimum Gasteiger partial charge on any atom is -0.497 e. The number of rotatable bonds is 5. The van der Waals surface area contributed by atoms with E-state index in [9.17, 15) is 19.7 Å². The maximum atomic E-state index is 13.3. The minimum atomic E-state index is -0.497. The molecule has 0 saturated carbocycles. The summed E-state index contributed by atoms with van der Waals surface area (Å²) in [6, 6.07) is 11.0. The number of hydrogen-bond donors (Lipinski definition) is 0. The third-order valence-electron chi connectivity index (χ3n) is 6.20. The molecule has 4 rings (SSSR count). The van der Waals surface area contributed by atoms with Crippen LogP contribution < -0.4 is 9.47 Å². The van der Waals surface area contributed by atoms with Gasteiger partial charge in [-0.05, 0) is 31.0 Å². The lowest BCUT2D eigenvalue weighted by molar-refractivity contribution is -0.384. The highest BCUT2D eigenvalue weighted by Gasteiger charge is 2.47. The van der Waals surface area contributed by atoms with Crippen LogP contribution in [-0.2, 0) is 0 Å². The first-order valence-corrected chi connectivity index (χ1v) is 11.6. The molecule has 2 aromatic rings. The van der Waals surface area contributed by atoms with Crippen molar-refractivity contribution in [1.29, 1.82) is 0 Å². The van der Waals surface area contributed by atoms with Gasteiger partial charge in [0.15, 0.2) is 0 Å². The van der Waals surface area contributed by atoms with E-state index in [4.69, 9.17) is 9.47 Å². The Morgan fingerprint density at radius 2 is 1.79 bits per heavy atom. The summed E-state index contributed by atoms with van der Waals surface area (Å²) in [5.74, 6) is 1.53. The molecule has 0 aromatic heterocycles. The molecule has 2 aliphatic heterocycles. The third-order valence-corrected chi connectivity index (χ3v) is 7.75. The lowest BCUT2D eigenvalue weighted by Crippen LogP contribution is -2.53. The summed E-state index contributed by atoms with van der Waals surface area (Å²) < 4.78 is 10.6. The van der Waals surface area contributed by atoms with Crippen LogP contribution in [0.15, 0.2) is 42.5 Å². The number of benzene rings is 2. The van der Waals surface area contributed by atoms with Gasteiger partial charge in [0, 0.05) is 49.1 Å². The van der Waals surface area contributed by atoms with E-state index in [1.54, 1.807) is 48.0 Å². The zero-order chi connectivity index (χ0) is 23.6. The van der Waals surface area contributed by atoms with Crippen molar-refractivity contribution in [2.24, 2.45) is 0 Å². The van der Waals surface area contributed by atoms with Gasteiger partial charge in [-0.1, -0.05) is 6.07 Å². The van der Waals surface area contributed by atoms with Gasteiger partial charge in [0.05, 0.1) is 29.6 Å². The van der Waals surface area contributed by atoms with Gasteiger partial charge in [0.25, 0.3) is 17.5 Å². The van der Waals surface area contributed by atoms with Crippen LogP contribution in [-0.4, -0.2) is 71.0 Å². The molecule has 2 aliphatic rings. The van der Waals surface area contributed by atoms with Crippen molar-refractivity contribution >= 4 is 29.3 Å². The van der Waals surface area contributed by atoms with Crippen molar-refractivity contribution in [3.63, 3.8) is 0 Å². The second-order valence-electron chi connectivity index (χ2n) is 7.92. The van der Waals surface area contributed by atoms with Gasteiger partial charge in [-0.15, -0.1) is 11.8 Å². The lowest BCUT2D eigenvalue weighted by Gasteiger charge is -2.44. The van der Waals surface area contributed by atoms with Crippen LogP contribution in [0.4, 0.5) is 5.69 Å². The summed E-state index contributed by atoms with van der Waals surface area (Å²) >= 11 is 1.72. The summed E-state index contributed by atoms with van der Waals surface area (Å²) in [6.45, 7) is 1.58. The molecule has 174 valence electrons. The van der Waals surface area contributed by atoms with Crippen molar-refractivity contribution in [3.05, 3.63) is 63.7 Å². The first-order valence-electron chi connectivity index (χ1n) is 10.6. The molecule has 2 aromatic carbocycles. The van der Waals surface area contributed by atoms with Gasteiger partial charge >= 0.3 is 0 Å². The van der Waals surface area contributed by atoms with Gasteiger partial charge in [-0.2, -0.15) is 0 Å². The number of nitro groups is 1. The van der Waals surface area contributed by atoms with E-state index in [1.807, 2.05) is 4.90 Å². The van der Waals surface area contributed by atoms with E-state index in [-0.39, 0.29) is 17.5 Å². The average molecular weight is 472 g/mol. The number of non-ortho nitro benzene ring substituents is 1. The summed E-state index contributed by atoms with van der Waals surface area (Å²) in [5, 5.41) is 11.1. The number of hydrogen-bond acceptors (Lipinski definition) is 7. The fraction of sp³-hybridized carbons (Fsp3) is 0.391. The number of methoxy groups -OCH3 is 2. The van der Waals surface area contributed by atoms with E-state index in [2.05, 4.69) is 0 Å². The number of thioether (sulfide) groups is 1. The van der Waals surface area contributed by atoms with Gasteiger partial charge in [0.2, 0.25) is 0 Å². The molecule has 0 radical (unpaired) electrons. The van der Waals surface area contributed by atoms with E-state index in [1.165, 1.54) is 25.3 Å². The zero-order valence-electron chi connectivity index (χ0n) is 18.5. The third kappa shape index (κ3) is 4.35. The largest absolute Gasteiger partial charge is 0.497 e. The van der Waals surface area contributed by atoms with Crippen molar-refractivity contribution in [2.45, 2.75) is 17.7 Å². The highest BCUT2D eigenvalue weighted by molar-refractivity contribution is 8.00. The highest BCUT2D eigenvalue weighted by Crippen LogP contribution is 2.45. The number of amides is 2. The minimum absolute atomic E-state index is 0.101. The molecule has 2 heterocycles. The second kappa shape index (κ2) is 9.30. The quantitative estimate of drug-likeness (QED) is 0.486. The Bertz CT molecular complexity index is 1080. The number of nitro benzene ring substituents is 1. The van der Waals surface area contributed by atoms with Crippen LogP contribution in [0, 0.1) is 10.1 Å². The number of carbonyl (C=O) groups excluding carboxylic acids is 2. The van der Waals surface area contributed by atoms with Gasteiger partial charge in [0.1, 0.15) is 11.5 Å². The second-order valence-corrected chi connectivity index (χ2v) is 9.37. The molecule has 1 spiro atoms. The average Bonchev–Trinajstić information content (AvgIpc) is 3.25. The summed E-state index contributed by atoms with van der Waals surface area (Å²) in [4.78, 5) is 40.2. The standard InChI is InChI=1S/C23H25N3O6S/c1-31-18-6-7-19(20(15-18)32-2)22(28)24-10-8-23(9-11-24)25(12-13-33-23)21(27)16-4-3-5-17(14-16)26(29)30/h3-7,14-15H,8-13H2,1-2H3. The molecule has 0 N–H and O–H groups in total. The highest BCUT2D eigenvalue weighted by atomic mass is 32.2. The smallest absolute Gasteiger partial charge is 0.270 e. The Balaban J connectivity index is 1.49. The van der Waals surface area contributed by atoms with Gasteiger partial charge < -0.3 is 19.3 Å². The van der Waals surface area contributed by atoms with Gasteiger partial charge in [-0.3, -0.25) is 19.7 Å².